The minimum atomic E-state index is -0.952. The van der Waals surface area contributed by atoms with Gasteiger partial charge in [0, 0.05) is 13.5 Å². The Labute approximate surface area is 204 Å². The minimum absolute atomic E-state index is 0. The fraction of sp³-hybridized carbons (Fsp3) is 0.905. The number of carboxylic acid groups (broad SMARTS) is 1. The van der Waals surface area contributed by atoms with Crippen molar-refractivity contribution in [3.05, 3.63) is 0 Å². The summed E-state index contributed by atoms with van der Waals surface area (Å²) in [6.07, 6.45) is 20.1. The molecule has 1 N–H and O–H groups in total. The van der Waals surface area contributed by atoms with Gasteiger partial charge in [-0.15, -0.1) is 0 Å². The van der Waals surface area contributed by atoms with E-state index in [-0.39, 0.29) is 63.8 Å². The van der Waals surface area contributed by atoms with Gasteiger partial charge in [0.25, 0.3) is 0 Å². The van der Waals surface area contributed by atoms with E-state index in [1.54, 1.807) is 7.05 Å². The molecule has 5 heteroatoms. The molecular weight excluding hydrogens is 353 g/mol. The summed E-state index contributed by atoms with van der Waals surface area (Å²) in [4.78, 5) is 23.5. The van der Waals surface area contributed by atoms with E-state index >= 15 is 0 Å². The van der Waals surface area contributed by atoms with Gasteiger partial charge in [-0.3, -0.25) is 9.59 Å². The molecule has 150 valence electrons. The van der Waals surface area contributed by atoms with Gasteiger partial charge in [0.1, 0.15) is 6.54 Å². The van der Waals surface area contributed by atoms with Gasteiger partial charge in [0.2, 0.25) is 5.91 Å². The molecule has 0 aromatic rings. The maximum atomic E-state index is 11.7. The van der Waals surface area contributed by atoms with E-state index in [2.05, 4.69) is 6.92 Å². The summed E-state index contributed by atoms with van der Waals surface area (Å²) >= 11 is 0. The Morgan fingerprint density at radius 2 is 1.04 bits per heavy atom. The SMILES string of the molecule is CCCCCCCCCCCCCCCCCC(=O)N(C)CC(=O)O.[KH]. The number of aliphatic carboxylic acids is 1. The third-order valence-electron chi connectivity index (χ3n) is 4.79. The van der Waals surface area contributed by atoms with Crippen molar-refractivity contribution in [2.24, 2.45) is 0 Å². The first kappa shape index (κ1) is 28.8. The summed E-state index contributed by atoms with van der Waals surface area (Å²) in [5.74, 6) is -1.01. The number of hydrogen-bond donors (Lipinski definition) is 1. The molecule has 0 aliphatic rings. The summed E-state index contributed by atoms with van der Waals surface area (Å²) in [5.41, 5.74) is 0. The zero-order chi connectivity index (χ0) is 18.8. The normalized spacial score (nSPS) is 10.4. The number of nitrogens with zero attached hydrogens (tertiary/aromatic N) is 1. The molecule has 0 atom stereocenters. The van der Waals surface area contributed by atoms with Crippen LogP contribution in [0.1, 0.15) is 110 Å². The maximum absolute atomic E-state index is 11.7. The average Bonchev–Trinajstić information content (AvgIpc) is 2.57. The number of hydrogen-bond acceptors (Lipinski definition) is 2. The van der Waals surface area contributed by atoms with Crippen LogP contribution in [-0.4, -0.2) is 86.9 Å². The van der Waals surface area contributed by atoms with E-state index in [4.69, 9.17) is 5.11 Å². The van der Waals surface area contributed by atoms with Crippen molar-refractivity contribution in [3.63, 3.8) is 0 Å². The van der Waals surface area contributed by atoms with Crippen LogP contribution in [0, 0.1) is 0 Å². The Hall–Kier alpha value is 0.576. The van der Waals surface area contributed by atoms with Crippen LogP contribution in [0.15, 0.2) is 0 Å². The molecule has 0 aliphatic carbocycles. The van der Waals surface area contributed by atoms with Gasteiger partial charge in [-0.1, -0.05) is 96.8 Å². The number of amides is 1. The number of carbonyl (C=O) groups is 2. The van der Waals surface area contributed by atoms with Crippen molar-refractivity contribution in [1.82, 2.24) is 4.90 Å². The van der Waals surface area contributed by atoms with Crippen LogP contribution in [0.2, 0.25) is 0 Å². The van der Waals surface area contributed by atoms with Crippen LogP contribution in [-0.2, 0) is 9.59 Å². The first-order chi connectivity index (χ1) is 12.1. The molecule has 1 amide bonds. The van der Waals surface area contributed by atoms with Crippen molar-refractivity contribution in [2.45, 2.75) is 110 Å². The Balaban J connectivity index is 0. The Kier molecular flexibility index (Phi) is 24.2. The van der Waals surface area contributed by atoms with Crippen molar-refractivity contribution in [1.29, 1.82) is 0 Å². The second-order valence-corrected chi connectivity index (χ2v) is 7.34. The molecule has 0 radical (unpaired) electrons. The van der Waals surface area contributed by atoms with Gasteiger partial charge in [0.05, 0.1) is 0 Å². The fourth-order valence-corrected chi connectivity index (χ4v) is 3.13. The molecule has 0 unspecified atom stereocenters. The monoisotopic (exact) mass is 395 g/mol. The van der Waals surface area contributed by atoms with E-state index in [0.717, 1.165) is 12.8 Å². The number of unbranched alkanes of at least 4 members (excludes halogenated alkanes) is 14. The van der Waals surface area contributed by atoms with E-state index in [1.807, 2.05) is 0 Å². The molecule has 0 bridgehead atoms. The van der Waals surface area contributed by atoms with Crippen LogP contribution in [0.3, 0.4) is 0 Å². The summed E-state index contributed by atoms with van der Waals surface area (Å²) in [6, 6.07) is 0. The van der Waals surface area contributed by atoms with Crippen LogP contribution >= 0.6 is 0 Å². The van der Waals surface area contributed by atoms with Gasteiger partial charge in [-0.25, -0.2) is 0 Å². The Morgan fingerprint density at radius 3 is 1.38 bits per heavy atom. The van der Waals surface area contributed by atoms with Crippen molar-refractivity contribution in [3.8, 4) is 0 Å². The number of rotatable bonds is 18. The van der Waals surface area contributed by atoms with Crippen LogP contribution in [0.25, 0.3) is 0 Å². The Bertz CT molecular complexity index is 337. The summed E-state index contributed by atoms with van der Waals surface area (Å²) in [5, 5.41) is 8.64. The second-order valence-electron chi connectivity index (χ2n) is 7.34. The number of carbonyl (C=O) groups excluding carboxylic acids is 1. The molecular formula is C21H42KNO3. The summed E-state index contributed by atoms with van der Waals surface area (Å²) < 4.78 is 0. The fourth-order valence-electron chi connectivity index (χ4n) is 3.13. The van der Waals surface area contributed by atoms with Crippen LogP contribution in [0.4, 0.5) is 0 Å². The zero-order valence-corrected chi connectivity index (χ0v) is 16.7. The standard InChI is InChI=1S/C21H41NO3.K.H/c1-3-4-5-6-7-8-9-10-11-12-13-14-15-16-17-18-20(23)22(2)19-21(24)25;;/h3-19H2,1-2H3,(H,24,25);;. The molecule has 0 saturated carbocycles. The Morgan fingerprint density at radius 1 is 0.692 bits per heavy atom. The van der Waals surface area contributed by atoms with Gasteiger partial charge >= 0.3 is 57.4 Å². The number of likely N-dealkylation sites (N-methyl/N-ethyl adjacent to an activating group) is 1. The second kappa shape index (κ2) is 21.9. The topological polar surface area (TPSA) is 57.6 Å². The van der Waals surface area contributed by atoms with Gasteiger partial charge in [-0.05, 0) is 6.42 Å². The van der Waals surface area contributed by atoms with Crippen LogP contribution in [0.5, 0.6) is 0 Å². The molecule has 0 spiro atoms. The summed E-state index contributed by atoms with van der Waals surface area (Å²) in [7, 11) is 1.56. The molecule has 26 heavy (non-hydrogen) atoms. The molecule has 0 saturated heterocycles. The van der Waals surface area contributed by atoms with E-state index < -0.39 is 5.97 Å². The average molecular weight is 396 g/mol. The predicted octanol–water partition coefficient (Wildman–Crippen LogP) is 5.14. The summed E-state index contributed by atoms with van der Waals surface area (Å²) in [6.45, 7) is 2.07. The molecule has 0 aliphatic heterocycles. The zero-order valence-electron chi connectivity index (χ0n) is 16.7. The van der Waals surface area contributed by atoms with E-state index in [1.165, 1.54) is 88.4 Å². The number of carboxylic acids is 1. The molecule has 0 aromatic carbocycles. The molecule has 0 fully saturated rings. The first-order valence-corrected chi connectivity index (χ1v) is 10.5. The van der Waals surface area contributed by atoms with Gasteiger partial charge in [0.15, 0.2) is 0 Å². The third-order valence-corrected chi connectivity index (χ3v) is 4.79. The molecule has 0 rings (SSSR count). The van der Waals surface area contributed by atoms with Crippen molar-refractivity contribution >= 4 is 63.3 Å². The molecule has 0 heterocycles. The first-order valence-electron chi connectivity index (χ1n) is 10.5. The molecule has 4 nitrogen and oxygen atoms in total. The van der Waals surface area contributed by atoms with Crippen LogP contribution < -0.4 is 0 Å². The molecule has 0 aromatic heterocycles. The van der Waals surface area contributed by atoms with Gasteiger partial charge in [-0.2, -0.15) is 0 Å². The van der Waals surface area contributed by atoms with Crippen molar-refractivity contribution in [2.75, 3.05) is 13.6 Å². The third kappa shape index (κ3) is 20.9. The van der Waals surface area contributed by atoms with E-state index in [9.17, 15) is 9.59 Å². The predicted molar refractivity (Wildman–Crippen MR) is 112 cm³/mol. The van der Waals surface area contributed by atoms with Crippen molar-refractivity contribution < 1.29 is 14.7 Å². The quantitative estimate of drug-likeness (QED) is 0.258. The van der Waals surface area contributed by atoms with Gasteiger partial charge < -0.3 is 10.0 Å². The van der Waals surface area contributed by atoms with E-state index in [0.29, 0.717) is 6.42 Å².